The summed E-state index contributed by atoms with van der Waals surface area (Å²) in [5.74, 6) is -0.896. The highest BCUT2D eigenvalue weighted by Gasteiger charge is 2.35. The van der Waals surface area contributed by atoms with Crippen molar-refractivity contribution in [1.29, 1.82) is 0 Å². The van der Waals surface area contributed by atoms with E-state index >= 15 is 0 Å². The van der Waals surface area contributed by atoms with E-state index in [1.165, 1.54) is 29.5 Å². The lowest BCUT2D eigenvalue weighted by Crippen LogP contribution is -2.23. The molecule has 17 heavy (non-hydrogen) atoms. The van der Waals surface area contributed by atoms with Crippen LogP contribution in [-0.4, -0.2) is 19.8 Å². The molecule has 0 atom stereocenters. The zero-order valence-electron chi connectivity index (χ0n) is 8.25. The number of nitrogens with two attached hydrogens (primary N) is 1. The molecular formula is C7H6F3IN2O3S. The fourth-order valence-electron chi connectivity index (χ4n) is 1.04. The Morgan fingerprint density at radius 2 is 2.00 bits per heavy atom. The first-order chi connectivity index (χ1) is 7.52. The van der Waals surface area contributed by atoms with E-state index < -0.39 is 27.0 Å². The fourth-order valence-corrected chi connectivity index (χ4v) is 3.12. The van der Waals surface area contributed by atoms with Gasteiger partial charge in [-0.2, -0.15) is 0 Å². The average molecular weight is 382 g/mol. The van der Waals surface area contributed by atoms with E-state index in [9.17, 15) is 21.6 Å². The summed E-state index contributed by atoms with van der Waals surface area (Å²) in [6, 6.07) is 0. The number of sulfonamides is 1. The monoisotopic (exact) mass is 382 g/mol. The van der Waals surface area contributed by atoms with E-state index in [0.717, 1.165) is 6.20 Å². The van der Waals surface area contributed by atoms with Crippen LogP contribution in [0.3, 0.4) is 0 Å². The molecule has 0 spiro atoms. The highest BCUT2D eigenvalue weighted by atomic mass is 127. The molecule has 1 rings (SSSR count). The van der Waals surface area contributed by atoms with Crippen molar-refractivity contribution >= 4 is 32.6 Å². The second kappa shape index (κ2) is 4.57. The summed E-state index contributed by atoms with van der Waals surface area (Å²) in [5.41, 5.74) is -0.216. The number of hydrogen-bond donors (Lipinski definition) is 1. The molecule has 0 aliphatic carbocycles. The Balaban J connectivity index is 3.52. The first-order valence-corrected chi connectivity index (χ1v) is 6.58. The highest BCUT2D eigenvalue weighted by Crippen LogP contribution is 2.33. The molecule has 2 N–H and O–H groups in total. The van der Waals surface area contributed by atoms with E-state index in [1.54, 1.807) is 0 Å². The maximum Gasteiger partial charge on any atom is 0.573 e. The van der Waals surface area contributed by atoms with Crippen molar-refractivity contribution in [2.75, 3.05) is 0 Å². The quantitative estimate of drug-likeness (QED) is 0.787. The lowest BCUT2D eigenvalue weighted by Gasteiger charge is -2.14. The third-order valence-corrected chi connectivity index (χ3v) is 3.78. The Morgan fingerprint density at radius 1 is 1.47 bits per heavy atom. The van der Waals surface area contributed by atoms with Crippen molar-refractivity contribution in [3.8, 4) is 5.75 Å². The van der Waals surface area contributed by atoms with Crippen molar-refractivity contribution in [2.45, 2.75) is 18.2 Å². The average Bonchev–Trinajstić information content (AvgIpc) is 2.06. The van der Waals surface area contributed by atoms with Gasteiger partial charge in [0.15, 0.2) is 5.75 Å². The van der Waals surface area contributed by atoms with Crippen molar-refractivity contribution in [3.63, 3.8) is 0 Å². The number of hydrogen-bond acceptors (Lipinski definition) is 4. The molecule has 0 fully saturated rings. The van der Waals surface area contributed by atoms with Gasteiger partial charge >= 0.3 is 6.36 Å². The summed E-state index contributed by atoms with van der Waals surface area (Å²) in [7, 11) is -4.33. The first kappa shape index (κ1) is 14.4. The first-order valence-electron chi connectivity index (χ1n) is 3.96. The predicted octanol–water partition coefficient (Wildman–Crippen LogP) is 1.54. The number of alkyl halides is 3. The molecule has 1 heterocycles. The molecule has 0 unspecified atom stereocenters. The maximum absolute atomic E-state index is 12.1. The van der Waals surface area contributed by atoms with Gasteiger partial charge in [0.05, 0.1) is 9.26 Å². The number of halogens is 4. The SMILES string of the molecule is Cc1ncc(I)c(S(N)(=O)=O)c1OC(F)(F)F. The van der Waals surface area contributed by atoms with Crippen molar-refractivity contribution in [3.05, 3.63) is 15.5 Å². The molecule has 0 aliphatic rings. The van der Waals surface area contributed by atoms with Crippen LogP contribution in [0, 0.1) is 10.5 Å². The summed E-state index contributed by atoms with van der Waals surface area (Å²) < 4.78 is 62.4. The summed E-state index contributed by atoms with van der Waals surface area (Å²) in [4.78, 5) is 2.86. The molecule has 96 valence electrons. The third kappa shape index (κ3) is 3.67. The second-order valence-corrected chi connectivity index (χ2v) is 5.60. The Kier molecular flexibility index (Phi) is 3.88. The molecule has 0 aromatic carbocycles. The smallest absolute Gasteiger partial charge is 0.402 e. The number of pyridine rings is 1. The van der Waals surface area contributed by atoms with Crippen LogP contribution in [0.25, 0.3) is 0 Å². The number of nitrogens with zero attached hydrogens (tertiary/aromatic N) is 1. The molecular weight excluding hydrogens is 376 g/mol. The summed E-state index contributed by atoms with van der Waals surface area (Å²) in [6.07, 6.45) is -3.92. The van der Waals surface area contributed by atoms with Gasteiger partial charge in [0, 0.05) is 6.20 Å². The normalized spacial score (nSPS) is 12.6. The van der Waals surface area contributed by atoms with Gasteiger partial charge in [0.2, 0.25) is 10.0 Å². The van der Waals surface area contributed by atoms with Gasteiger partial charge in [-0.1, -0.05) is 0 Å². The Labute approximate surface area is 108 Å². The summed E-state index contributed by atoms with van der Waals surface area (Å²) in [6.45, 7) is 1.19. The van der Waals surface area contributed by atoms with Gasteiger partial charge < -0.3 is 4.74 Å². The van der Waals surface area contributed by atoms with Gasteiger partial charge in [0.1, 0.15) is 4.90 Å². The molecule has 0 saturated carbocycles. The zero-order chi connectivity index (χ0) is 13.4. The predicted molar refractivity (Wildman–Crippen MR) is 59.7 cm³/mol. The number of aryl methyl sites for hydroxylation is 1. The molecule has 0 bridgehead atoms. The van der Waals surface area contributed by atoms with E-state index in [4.69, 9.17) is 5.14 Å². The van der Waals surface area contributed by atoms with E-state index in [2.05, 4.69) is 9.72 Å². The lowest BCUT2D eigenvalue weighted by molar-refractivity contribution is -0.276. The van der Waals surface area contributed by atoms with Crippen molar-refractivity contribution in [1.82, 2.24) is 4.98 Å². The van der Waals surface area contributed by atoms with Crippen LogP contribution in [-0.2, 0) is 10.0 Å². The largest absolute Gasteiger partial charge is 0.573 e. The number of primary sulfonamides is 1. The third-order valence-electron chi connectivity index (χ3n) is 1.63. The molecule has 1 aromatic rings. The molecule has 5 nitrogen and oxygen atoms in total. The minimum Gasteiger partial charge on any atom is -0.402 e. The van der Waals surface area contributed by atoms with Gasteiger partial charge in [-0.15, -0.1) is 13.2 Å². The molecule has 0 radical (unpaired) electrons. The molecule has 0 aliphatic heterocycles. The minimum atomic E-state index is -5.02. The molecule has 1 aromatic heterocycles. The Hall–Kier alpha value is -0.620. The fraction of sp³-hybridized carbons (Fsp3) is 0.286. The van der Waals surface area contributed by atoms with E-state index in [1.807, 2.05) is 0 Å². The van der Waals surface area contributed by atoms with Crippen molar-refractivity contribution < 1.29 is 26.3 Å². The zero-order valence-corrected chi connectivity index (χ0v) is 11.2. The standard InChI is InChI=1S/C7H6F3IN2O3S/c1-3-5(16-7(8,9)10)6(17(12,14)15)4(11)2-13-3/h2H,1H3,(H2,12,14,15). The van der Waals surface area contributed by atoms with Crippen LogP contribution in [0.2, 0.25) is 0 Å². The number of ether oxygens (including phenoxy) is 1. The topological polar surface area (TPSA) is 82.3 Å². The van der Waals surface area contributed by atoms with Gasteiger partial charge in [-0.25, -0.2) is 13.6 Å². The maximum atomic E-state index is 12.1. The van der Waals surface area contributed by atoms with Crippen LogP contribution in [0.15, 0.2) is 11.1 Å². The number of aromatic nitrogens is 1. The van der Waals surface area contributed by atoms with Gasteiger partial charge in [-0.3, -0.25) is 4.98 Å². The minimum absolute atomic E-state index is 0.0463. The van der Waals surface area contributed by atoms with Crippen LogP contribution in [0.5, 0.6) is 5.75 Å². The molecule has 0 amide bonds. The van der Waals surface area contributed by atoms with Gasteiger partial charge in [0.25, 0.3) is 0 Å². The Morgan fingerprint density at radius 3 is 2.41 bits per heavy atom. The van der Waals surface area contributed by atoms with Crippen LogP contribution >= 0.6 is 22.6 Å². The molecule has 10 heteroatoms. The van der Waals surface area contributed by atoms with Gasteiger partial charge in [-0.05, 0) is 29.5 Å². The van der Waals surface area contributed by atoms with Crippen LogP contribution in [0.1, 0.15) is 5.69 Å². The van der Waals surface area contributed by atoms with E-state index in [-0.39, 0.29) is 9.26 Å². The van der Waals surface area contributed by atoms with Crippen LogP contribution in [0.4, 0.5) is 13.2 Å². The van der Waals surface area contributed by atoms with Crippen molar-refractivity contribution in [2.24, 2.45) is 5.14 Å². The lowest BCUT2D eigenvalue weighted by atomic mass is 10.3. The highest BCUT2D eigenvalue weighted by molar-refractivity contribution is 14.1. The Bertz CT molecular complexity index is 544. The second-order valence-electron chi connectivity index (χ2n) is 2.94. The van der Waals surface area contributed by atoms with Crippen LogP contribution < -0.4 is 9.88 Å². The summed E-state index contributed by atoms with van der Waals surface area (Å²) in [5, 5.41) is 4.84. The molecule has 0 saturated heterocycles. The number of rotatable bonds is 2. The van der Waals surface area contributed by atoms with E-state index in [0.29, 0.717) is 0 Å². The summed E-state index contributed by atoms with van der Waals surface area (Å²) >= 11 is 1.51.